The average molecular weight is 461 g/mol. The molecule has 2 nitrogen and oxygen atoms in total. The number of hydrogen-bond acceptors (Lipinski definition) is 2. The van der Waals surface area contributed by atoms with Gasteiger partial charge in [-0.1, -0.05) is 0 Å². The summed E-state index contributed by atoms with van der Waals surface area (Å²) in [6.45, 7) is 13.7. The Morgan fingerprint density at radius 3 is 1.70 bits per heavy atom. The number of rotatable bonds is 9. The molecule has 0 heterocycles. The maximum atomic E-state index is 3.46. The van der Waals surface area contributed by atoms with Crippen LogP contribution in [-0.4, -0.2) is 46.0 Å². The van der Waals surface area contributed by atoms with E-state index in [1.807, 2.05) is 0 Å². The van der Waals surface area contributed by atoms with E-state index in [4.69, 9.17) is 0 Å². The molecule has 0 atom stereocenters. The maximum absolute atomic E-state index is 3.46. The second-order valence-corrected chi connectivity index (χ2v) is 9.07. The Kier molecular flexibility index (Phi) is 9.47. The number of hydrogen-bond donors (Lipinski definition) is 0. The third kappa shape index (κ3) is 5.69. The Morgan fingerprint density at radius 1 is 0.850 bits per heavy atom. The Hall–Kier alpha value is 0.465. The van der Waals surface area contributed by atoms with Gasteiger partial charge in [0.15, 0.2) is 0 Å². The Labute approximate surface area is 141 Å². The van der Waals surface area contributed by atoms with Crippen molar-refractivity contribution >= 4 is 8.07 Å². The van der Waals surface area contributed by atoms with Gasteiger partial charge in [0.2, 0.25) is 0 Å². The van der Waals surface area contributed by atoms with Gasteiger partial charge in [-0.25, -0.2) is 0 Å². The fraction of sp³-hybridized carbons (Fsp3) is 0.625. The zero-order valence-corrected chi connectivity index (χ0v) is 16.2. The Balaban J connectivity index is 2.91. The molecule has 0 unspecified atom stereocenters. The van der Waals surface area contributed by atoms with Crippen LogP contribution in [-0.2, 0) is 36.0 Å². The first-order chi connectivity index (χ1) is 9.65. The Morgan fingerprint density at radius 2 is 1.30 bits per heavy atom. The normalized spacial score (nSPS) is 12.3. The number of nitrogens with zero attached hydrogens (tertiary/aromatic N) is 2. The van der Waals surface area contributed by atoms with Gasteiger partial charge in [0.1, 0.15) is 0 Å². The van der Waals surface area contributed by atoms with Crippen LogP contribution >= 0.6 is 0 Å². The third-order valence-electron chi connectivity index (χ3n) is 3.33. The molecule has 1 rings (SSSR count). The summed E-state index contributed by atoms with van der Waals surface area (Å²) in [4.78, 5) is 5.15. The van der Waals surface area contributed by atoms with Gasteiger partial charge in [0.25, 0.3) is 0 Å². The van der Waals surface area contributed by atoms with Crippen LogP contribution in [0.15, 0.2) is 24.3 Å². The van der Waals surface area contributed by atoms with Gasteiger partial charge in [-0.3, -0.25) is 0 Å². The van der Waals surface area contributed by atoms with Crippen LogP contribution in [0.3, 0.4) is 0 Å². The molecule has 122 valence electrons. The van der Waals surface area contributed by atoms with Crippen molar-refractivity contribution in [2.75, 3.05) is 36.2 Å². The average Bonchev–Trinajstić information content (AvgIpc) is 2.48. The molecule has 0 aromatic heterocycles. The molecule has 4 heteroatoms. The summed E-state index contributed by atoms with van der Waals surface area (Å²) in [5.41, 5.74) is 0. The monoisotopic (exact) mass is 460 g/mol. The van der Waals surface area contributed by atoms with Gasteiger partial charge >= 0.3 is 142 Å². The summed E-state index contributed by atoms with van der Waals surface area (Å²) in [6, 6.07) is 8.84. The fourth-order valence-electron chi connectivity index (χ4n) is 1.80. The van der Waals surface area contributed by atoms with Crippen LogP contribution < -0.4 is 8.07 Å². The standard InChI is InChI=1S/C6H4.2C5H12N.2Pd/c1-2-4-6-5-3-1;2*1-4-6(3)5-2;;/h1-4H;2*3-5H2,1-2H3;;. The van der Waals surface area contributed by atoms with Crippen LogP contribution in [0.1, 0.15) is 27.7 Å². The van der Waals surface area contributed by atoms with E-state index in [1.54, 1.807) is 4.04 Å². The zero-order valence-electron chi connectivity index (χ0n) is 13.1. The Bertz CT molecular complexity index is 362. The van der Waals surface area contributed by atoms with Crippen molar-refractivity contribution in [3.05, 3.63) is 24.3 Å². The van der Waals surface area contributed by atoms with Crippen molar-refractivity contribution in [1.29, 1.82) is 0 Å². The van der Waals surface area contributed by atoms with Crippen molar-refractivity contribution < 1.29 is 36.0 Å². The van der Waals surface area contributed by atoms with Crippen molar-refractivity contribution in [2.45, 2.75) is 27.7 Å². The van der Waals surface area contributed by atoms with E-state index in [0.717, 1.165) is 26.2 Å². The van der Waals surface area contributed by atoms with E-state index in [2.05, 4.69) is 81.0 Å². The third-order valence-corrected chi connectivity index (χ3v) is 8.91. The van der Waals surface area contributed by atoms with Gasteiger partial charge in [0, 0.05) is 0 Å². The fourth-order valence-corrected chi connectivity index (χ4v) is 8.00. The summed E-state index contributed by atoms with van der Waals surface area (Å²) in [5.74, 6) is 0. The van der Waals surface area contributed by atoms with Gasteiger partial charge in [-0.05, 0) is 0 Å². The first-order valence-electron chi connectivity index (χ1n) is 7.32. The minimum atomic E-state index is -0.752. The van der Waals surface area contributed by atoms with Crippen LogP contribution in [0.5, 0.6) is 0 Å². The first-order valence-corrected chi connectivity index (χ1v) is 11.1. The zero-order chi connectivity index (χ0) is 15.0. The van der Waals surface area contributed by atoms with Crippen molar-refractivity contribution in [3.63, 3.8) is 0 Å². The van der Waals surface area contributed by atoms with Gasteiger partial charge in [0.05, 0.1) is 0 Å². The second kappa shape index (κ2) is 10.2. The predicted molar refractivity (Wildman–Crippen MR) is 81.3 cm³/mol. The molecule has 0 N–H and O–H groups in total. The van der Waals surface area contributed by atoms with E-state index >= 15 is 0 Å². The summed E-state index contributed by atoms with van der Waals surface area (Å²) < 4.78 is 2.90. The van der Waals surface area contributed by atoms with E-state index in [1.165, 1.54) is 14.1 Å². The molecule has 0 saturated carbocycles. The van der Waals surface area contributed by atoms with E-state index in [9.17, 15) is 0 Å². The molecule has 0 saturated heterocycles. The van der Waals surface area contributed by atoms with E-state index in [-0.39, 0.29) is 0 Å². The van der Waals surface area contributed by atoms with Crippen molar-refractivity contribution in [1.82, 2.24) is 9.80 Å². The predicted octanol–water partition coefficient (Wildman–Crippen LogP) is 1.70. The molecule has 0 fully saturated rings. The molecule has 0 radical (unpaired) electrons. The van der Waals surface area contributed by atoms with E-state index < -0.39 is 16.8 Å². The first kappa shape index (κ1) is 18.5. The second-order valence-electron chi connectivity index (χ2n) is 4.54. The molecular weight excluding hydrogens is 433 g/mol. The number of benzene rings is 1. The quantitative estimate of drug-likeness (QED) is 0.517. The van der Waals surface area contributed by atoms with Crippen molar-refractivity contribution in [2.24, 2.45) is 0 Å². The molecule has 1 aromatic carbocycles. The molecule has 0 aliphatic carbocycles. The van der Waals surface area contributed by atoms with Crippen LogP contribution in [0.25, 0.3) is 0 Å². The summed E-state index contributed by atoms with van der Waals surface area (Å²) in [7, 11) is 0. The van der Waals surface area contributed by atoms with Gasteiger partial charge < -0.3 is 0 Å². The minimum absolute atomic E-state index is 0.752. The summed E-state index contributed by atoms with van der Waals surface area (Å²) in [5, 5.41) is 2.51. The van der Waals surface area contributed by atoms with E-state index in [0.29, 0.717) is 0 Å². The van der Waals surface area contributed by atoms with Gasteiger partial charge in [-0.15, -0.1) is 0 Å². The van der Waals surface area contributed by atoms with Crippen LogP contribution in [0.4, 0.5) is 0 Å². The molecule has 0 aliphatic rings. The van der Waals surface area contributed by atoms with Crippen LogP contribution in [0.2, 0.25) is 0 Å². The molecule has 0 bridgehead atoms. The molecular formula is C16H28N2Pd2. The summed E-state index contributed by atoms with van der Waals surface area (Å²) >= 11 is 2.71. The van der Waals surface area contributed by atoms with Crippen LogP contribution in [0, 0.1) is 0 Å². The topological polar surface area (TPSA) is 6.48 Å². The molecule has 0 spiro atoms. The molecule has 0 amide bonds. The van der Waals surface area contributed by atoms with Crippen molar-refractivity contribution in [3.8, 4) is 0 Å². The molecule has 20 heavy (non-hydrogen) atoms. The molecule has 0 aliphatic heterocycles. The van der Waals surface area contributed by atoms with Gasteiger partial charge in [-0.2, -0.15) is 0 Å². The SMILES string of the molecule is CCN(CC)[CH2][Pd]([CH2]N(CC)CC)[c]1cccc[c]1[Pd]. The molecule has 1 aromatic rings. The summed E-state index contributed by atoms with van der Waals surface area (Å²) in [6.07, 6.45) is 0.